The SMILES string of the molecule is CCCCCCCC(S)c1ncncn1. The van der Waals surface area contributed by atoms with Crippen LogP contribution in [0.2, 0.25) is 0 Å². The molecule has 0 aromatic carbocycles. The lowest BCUT2D eigenvalue weighted by molar-refractivity contribution is 0.596. The first-order chi connectivity index (χ1) is 7.34. The highest BCUT2D eigenvalue weighted by Gasteiger charge is 2.08. The summed E-state index contributed by atoms with van der Waals surface area (Å²) in [6.45, 7) is 2.23. The molecular formula is C11H19N3S. The second kappa shape index (κ2) is 7.63. The lowest BCUT2D eigenvalue weighted by atomic mass is 10.1. The van der Waals surface area contributed by atoms with Crippen molar-refractivity contribution in [2.24, 2.45) is 0 Å². The average Bonchev–Trinajstić information content (AvgIpc) is 2.30. The molecule has 0 radical (unpaired) electrons. The number of hydrogen-bond donors (Lipinski definition) is 1. The molecule has 1 rings (SSSR count). The number of thiol groups is 1. The van der Waals surface area contributed by atoms with E-state index in [1.165, 1.54) is 44.8 Å². The van der Waals surface area contributed by atoms with Gasteiger partial charge in [-0.2, -0.15) is 12.6 Å². The van der Waals surface area contributed by atoms with Crippen molar-refractivity contribution < 1.29 is 0 Å². The zero-order valence-electron chi connectivity index (χ0n) is 9.26. The van der Waals surface area contributed by atoms with E-state index >= 15 is 0 Å². The maximum Gasteiger partial charge on any atom is 0.144 e. The van der Waals surface area contributed by atoms with Crippen molar-refractivity contribution in [3.63, 3.8) is 0 Å². The molecule has 1 aromatic heterocycles. The molecule has 15 heavy (non-hydrogen) atoms. The molecule has 0 saturated carbocycles. The van der Waals surface area contributed by atoms with E-state index in [2.05, 4.69) is 34.5 Å². The zero-order valence-corrected chi connectivity index (χ0v) is 10.2. The second-order valence-corrected chi connectivity index (χ2v) is 4.34. The van der Waals surface area contributed by atoms with Crippen LogP contribution < -0.4 is 0 Å². The van der Waals surface area contributed by atoms with Gasteiger partial charge in [-0.15, -0.1) is 0 Å². The summed E-state index contributed by atoms with van der Waals surface area (Å²) in [6, 6.07) is 0. The van der Waals surface area contributed by atoms with Crippen molar-refractivity contribution in [3.05, 3.63) is 18.5 Å². The Morgan fingerprint density at radius 3 is 2.47 bits per heavy atom. The Hall–Kier alpha value is -0.640. The summed E-state index contributed by atoms with van der Waals surface area (Å²) in [7, 11) is 0. The monoisotopic (exact) mass is 225 g/mol. The summed E-state index contributed by atoms with van der Waals surface area (Å²) in [5.74, 6) is 0.795. The van der Waals surface area contributed by atoms with E-state index in [1.807, 2.05) is 0 Å². The van der Waals surface area contributed by atoms with Gasteiger partial charge in [-0.1, -0.05) is 39.0 Å². The third-order valence-electron chi connectivity index (χ3n) is 2.39. The highest BCUT2D eigenvalue weighted by molar-refractivity contribution is 7.80. The molecule has 0 aliphatic carbocycles. The summed E-state index contributed by atoms with van der Waals surface area (Å²) in [6.07, 6.45) is 10.6. The second-order valence-electron chi connectivity index (χ2n) is 3.72. The van der Waals surface area contributed by atoms with Crippen LogP contribution in [0.3, 0.4) is 0 Å². The lowest BCUT2D eigenvalue weighted by Gasteiger charge is -2.07. The fraction of sp³-hybridized carbons (Fsp3) is 0.727. The standard InChI is InChI=1S/C11H19N3S/c1-2-3-4-5-6-7-10(15)11-13-8-12-9-14-11/h8-10,15H,2-7H2,1H3. The number of unbranched alkanes of at least 4 members (excludes halogenated alkanes) is 4. The van der Waals surface area contributed by atoms with Crippen molar-refractivity contribution in [2.75, 3.05) is 0 Å². The number of hydrogen-bond acceptors (Lipinski definition) is 4. The molecule has 1 atom stereocenters. The molecule has 0 amide bonds. The fourth-order valence-electron chi connectivity index (χ4n) is 1.49. The number of nitrogens with zero attached hydrogens (tertiary/aromatic N) is 3. The molecular weight excluding hydrogens is 206 g/mol. The molecule has 0 aliphatic rings. The fourth-order valence-corrected chi connectivity index (χ4v) is 1.81. The Bertz CT molecular complexity index is 253. The van der Waals surface area contributed by atoms with Gasteiger partial charge < -0.3 is 0 Å². The molecule has 0 aliphatic heterocycles. The van der Waals surface area contributed by atoms with Crippen LogP contribution in [-0.4, -0.2) is 15.0 Å². The maximum absolute atomic E-state index is 4.49. The van der Waals surface area contributed by atoms with Crippen molar-refractivity contribution in [3.8, 4) is 0 Å². The van der Waals surface area contributed by atoms with Gasteiger partial charge in [0.15, 0.2) is 0 Å². The van der Waals surface area contributed by atoms with Gasteiger partial charge in [0, 0.05) is 0 Å². The van der Waals surface area contributed by atoms with Crippen LogP contribution in [0, 0.1) is 0 Å². The molecule has 1 unspecified atom stereocenters. The highest BCUT2D eigenvalue weighted by atomic mass is 32.1. The highest BCUT2D eigenvalue weighted by Crippen LogP contribution is 2.22. The van der Waals surface area contributed by atoms with Gasteiger partial charge in [-0.05, 0) is 6.42 Å². The van der Waals surface area contributed by atoms with Gasteiger partial charge in [0.1, 0.15) is 18.5 Å². The van der Waals surface area contributed by atoms with Crippen LogP contribution in [0.1, 0.15) is 56.5 Å². The number of rotatable bonds is 7. The van der Waals surface area contributed by atoms with Gasteiger partial charge in [0.25, 0.3) is 0 Å². The van der Waals surface area contributed by atoms with Crippen LogP contribution >= 0.6 is 12.6 Å². The molecule has 84 valence electrons. The summed E-state index contributed by atoms with van der Waals surface area (Å²) >= 11 is 4.49. The minimum absolute atomic E-state index is 0.162. The predicted octanol–water partition coefficient (Wildman–Crippen LogP) is 3.20. The lowest BCUT2D eigenvalue weighted by Crippen LogP contribution is -1.98. The van der Waals surface area contributed by atoms with Gasteiger partial charge >= 0.3 is 0 Å². The first kappa shape index (κ1) is 12.4. The van der Waals surface area contributed by atoms with Gasteiger partial charge in [-0.25, -0.2) is 15.0 Å². The summed E-state index contributed by atoms with van der Waals surface area (Å²) < 4.78 is 0. The predicted molar refractivity (Wildman–Crippen MR) is 64.9 cm³/mol. The third-order valence-corrected chi connectivity index (χ3v) is 2.88. The largest absolute Gasteiger partial charge is 0.225 e. The molecule has 0 N–H and O–H groups in total. The smallest absolute Gasteiger partial charge is 0.144 e. The Balaban J connectivity index is 2.16. The maximum atomic E-state index is 4.49. The number of aromatic nitrogens is 3. The van der Waals surface area contributed by atoms with Gasteiger partial charge in [0.2, 0.25) is 0 Å². The van der Waals surface area contributed by atoms with Crippen LogP contribution in [0.15, 0.2) is 12.7 Å². The van der Waals surface area contributed by atoms with E-state index in [0.717, 1.165) is 12.2 Å². The van der Waals surface area contributed by atoms with Crippen LogP contribution in [0.4, 0.5) is 0 Å². The van der Waals surface area contributed by atoms with Crippen molar-refractivity contribution in [1.82, 2.24) is 15.0 Å². The molecule has 0 spiro atoms. The van der Waals surface area contributed by atoms with Crippen LogP contribution in [0.25, 0.3) is 0 Å². The van der Waals surface area contributed by atoms with Crippen LogP contribution in [-0.2, 0) is 0 Å². The summed E-state index contributed by atoms with van der Waals surface area (Å²) in [5.41, 5.74) is 0. The first-order valence-corrected chi connectivity index (χ1v) is 6.16. The van der Waals surface area contributed by atoms with E-state index < -0.39 is 0 Å². The molecule has 0 fully saturated rings. The quantitative estimate of drug-likeness (QED) is 0.572. The minimum atomic E-state index is 0.162. The normalized spacial score (nSPS) is 12.7. The Morgan fingerprint density at radius 1 is 1.13 bits per heavy atom. The summed E-state index contributed by atoms with van der Waals surface area (Å²) in [4.78, 5) is 12.0. The molecule has 1 aromatic rings. The van der Waals surface area contributed by atoms with Crippen molar-refractivity contribution in [1.29, 1.82) is 0 Å². The average molecular weight is 225 g/mol. The summed E-state index contributed by atoms with van der Waals surface area (Å²) in [5, 5.41) is 0.162. The molecule has 0 saturated heterocycles. The molecule has 3 nitrogen and oxygen atoms in total. The van der Waals surface area contributed by atoms with E-state index in [4.69, 9.17) is 0 Å². The Labute approximate surface area is 97.2 Å². The zero-order chi connectivity index (χ0) is 10.9. The molecule has 1 heterocycles. The topological polar surface area (TPSA) is 38.7 Å². The van der Waals surface area contributed by atoms with E-state index in [0.29, 0.717) is 0 Å². The molecule has 0 bridgehead atoms. The Kier molecular flexibility index (Phi) is 6.32. The minimum Gasteiger partial charge on any atom is -0.225 e. The van der Waals surface area contributed by atoms with Gasteiger partial charge in [-0.3, -0.25) is 0 Å². The van der Waals surface area contributed by atoms with Crippen LogP contribution in [0.5, 0.6) is 0 Å². The van der Waals surface area contributed by atoms with E-state index in [9.17, 15) is 0 Å². The van der Waals surface area contributed by atoms with Gasteiger partial charge in [0.05, 0.1) is 5.25 Å². The van der Waals surface area contributed by atoms with E-state index in [1.54, 1.807) is 0 Å². The van der Waals surface area contributed by atoms with Crippen molar-refractivity contribution >= 4 is 12.6 Å². The van der Waals surface area contributed by atoms with Crippen molar-refractivity contribution in [2.45, 2.75) is 50.7 Å². The first-order valence-electron chi connectivity index (χ1n) is 5.64. The van der Waals surface area contributed by atoms with E-state index in [-0.39, 0.29) is 5.25 Å². The molecule has 4 heteroatoms. The Morgan fingerprint density at radius 2 is 1.80 bits per heavy atom. The third kappa shape index (κ3) is 5.11.